The second-order valence-electron chi connectivity index (χ2n) is 5.07. The summed E-state index contributed by atoms with van der Waals surface area (Å²) in [6, 6.07) is 7.71. The summed E-state index contributed by atoms with van der Waals surface area (Å²) in [4.78, 5) is 0. The van der Waals surface area contributed by atoms with E-state index in [9.17, 15) is 5.11 Å². The number of ether oxygens (including phenoxy) is 1. The normalized spacial score (nSPS) is 14.6. The van der Waals surface area contributed by atoms with Gasteiger partial charge in [0.2, 0.25) is 0 Å². The second-order valence-corrected chi connectivity index (χ2v) is 5.07. The van der Waals surface area contributed by atoms with Gasteiger partial charge in [-0.2, -0.15) is 0 Å². The quantitative estimate of drug-likeness (QED) is 0.732. The van der Waals surface area contributed by atoms with Crippen LogP contribution >= 0.6 is 0 Å². The Kier molecular flexibility index (Phi) is 5.63. The van der Waals surface area contributed by atoms with E-state index < -0.39 is 5.60 Å². The van der Waals surface area contributed by atoms with Gasteiger partial charge < -0.3 is 15.2 Å². The van der Waals surface area contributed by atoms with Crippen molar-refractivity contribution in [1.82, 2.24) is 5.32 Å². The molecule has 1 aromatic rings. The van der Waals surface area contributed by atoms with Crippen LogP contribution in [0.15, 0.2) is 24.3 Å². The number of aliphatic hydroxyl groups is 1. The zero-order valence-electron chi connectivity index (χ0n) is 11.9. The average Bonchev–Trinajstić information content (AvgIpc) is 2.28. The van der Waals surface area contributed by atoms with Gasteiger partial charge in [-0.1, -0.05) is 19.1 Å². The van der Waals surface area contributed by atoms with Crippen molar-refractivity contribution in [3.63, 3.8) is 0 Å². The second kappa shape index (κ2) is 6.76. The number of nitrogens with one attached hydrogen (secondary N) is 1. The number of benzene rings is 1. The van der Waals surface area contributed by atoms with Gasteiger partial charge in [0.05, 0.1) is 11.7 Å². The standard InChI is InChI=1S/C15H25NO2/c1-5-16-10-9-15(4,17)13-7-6-8-14(11-13)18-12(2)3/h6-8,11-12,16-17H,5,9-10H2,1-4H3. The van der Waals surface area contributed by atoms with Crippen LogP contribution in [0.1, 0.15) is 39.7 Å². The van der Waals surface area contributed by atoms with Gasteiger partial charge in [-0.3, -0.25) is 0 Å². The molecule has 1 unspecified atom stereocenters. The van der Waals surface area contributed by atoms with Crippen molar-refractivity contribution >= 4 is 0 Å². The first-order valence-electron chi connectivity index (χ1n) is 6.66. The molecule has 0 aliphatic carbocycles. The van der Waals surface area contributed by atoms with Crippen LogP contribution in [0, 0.1) is 0 Å². The summed E-state index contributed by atoms with van der Waals surface area (Å²) >= 11 is 0. The molecule has 0 aliphatic heterocycles. The molecule has 0 saturated carbocycles. The Morgan fingerprint density at radius 2 is 2.11 bits per heavy atom. The summed E-state index contributed by atoms with van der Waals surface area (Å²) in [6.07, 6.45) is 0.832. The van der Waals surface area contributed by atoms with E-state index in [1.807, 2.05) is 45.0 Å². The minimum absolute atomic E-state index is 0.145. The Morgan fingerprint density at radius 1 is 1.39 bits per heavy atom. The Balaban J connectivity index is 2.74. The monoisotopic (exact) mass is 251 g/mol. The van der Waals surface area contributed by atoms with Crippen LogP contribution < -0.4 is 10.1 Å². The first kappa shape index (κ1) is 15.0. The van der Waals surface area contributed by atoms with Crippen molar-refractivity contribution in [2.24, 2.45) is 0 Å². The number of hydrogen-bond donors (Lipinski definition) is 2. The van der Waals surface area contributed by atoms with Crippen molar-refractivity contribution in [3.05, 3.63) is 29.8 Å². The highest BCUT2D eigenvalue weighted by atomic mass is 16.5. The van der Waals surface area contributed by atoms with Crippen LogP contribution in [-0.4, -0.2) is 24.3 Å². The molecule has 0 amide bonds. The Labute approximate surface area is 110 Å². The van der Waals surface area contributed by atoms with Crippen molar-refractivity contribution in [2.45, 2.75) is 45.8 Å². The minimum Gasteiger partial charge on any atom is -0.491 e. The lowest BCUT2D eigenvalue weighted by Gasteiger charge is -2.24. The van der Waals surface area contributed by atoms with Crippen LogP contribution in [0.3, 0.4) is 0 Å². The maximum atomic E-state index is 10.5. The SMILES string of the molecule is CCNCCC(C)(O)c1cccc(OC(C)C)c1. The van der Waals surface area contributed by atoms with E-state index in [2.05, 4.69) is 12.2 Å². The molecule has 18 heavy (non-hydrogen) atoms. The molecule has 0 saturated heterocycles. The van der Waals surface area contributed by atoms with Gasteiger partial charge in [-0.05, 0) is 58.0 Å². The van der Waals surface area contributed by atoms with Crippen LogP contribution in [-0.2, 0) is 5.60 Å². The van der Waals surface area contributed by atoms with E-state index in [0.717, 1.165) is 24.4 Å². The van der Waals surface area contributed by atoms with Gasteiger partial charge in [-0.15, -0.1) is 0 Å². The summed E-state index contributed by atoms with van der Waals surface area (Å²) in [7, 11) is 0. The van der Waals surface area contributed by atoms with E-state index in [4.69, 9.17) is 4.74 Å². The molecule has 0 radical (unpaired) electrons. The van der Waals surface area contributed by atoms with Crippen LogP contribution in [0.5, 0.6) is 5.75 Å². The van der Waals surface area contributed by atoms with Crippen molar-refractivity contribution < 1.29 is 9.84 Å². The first-order chi connectivity index (χ1) is 8.45. The van der Waals surface area contributed by atoms with Gasteiger partial charge in [0.15, 0.2) is 0 Å². The molecule has 2 N–H and O–H groups in total. The lowest BCUT2D eigenvalue weighted by Crippen LogP contribution is -2.27. The molecule has 102 valence electrons. The maximum Gasteiger partial charge on any atom is 0.120 e. The van der Waals surface area contributed by atoms with Gasteiger partial charge in [-0.25, -0.2) is 0 Å². The highest BCUT2D eigenvalue weighted by Gasteiger charge is 2.22. The summed E-state index contributed by atoms with van der Waals surface area (Å²) in [6.45, 7) is 9.63. The number of hydrogen-bond acceptors (Lipinski definition) is 3. The smallest absolute Gasteiger partial charge is 0.120 e. The van der Waals surface area contributed by atoms with Gasteiger partial charge in [0.25, 0.3) is 0 Å². The molecule has 0 aromatic heterocycles. The molecular formula is C15H25NO2. The largest absolute Gasteiger partial charge is 0.491 e. The van der Waals surface area contributed by atoms with Crippen molar-refractivity contribution in [2.75, 3.05) is 13.1 Å². The zero-order chi connectivity index (χ0) is 13.6. The fraction of sp³-hybridized carbons (Fsp3) is 0.600. The van der Waals surface area contributed by atoms with Gasteiger partial charge >= 0.3 is 0 Å². The third kappa shape index (κ3) is 4.67. The Hall–Kier alpha value is -1.06. The molecule has 3 nitrogen and oxygen atoms in total. The maximum absolute atomic E-state index is 10.5. The summed E-state index contributed by atoms with van der Waals surface area (Å²) in [5, 5.41) is 13.7. The molecule has 1 aromatic carbocycles. The molecule has 3 heteroatoms. The molecule has 0 heterocycles. The predicted octanol–water partition coefficient (Wildman–Crippen LogP) is 2.68. The predicted molar refractivity (Wildman–Crippen MR) is 74.9 cm³/mol. The Morgan fingerprint density at radius 3 is 2.72 bits per heavy atom. The van der Waals surface area contributed by atoms with E-state index in [0.29, 0.717) is 6.42 Å². The average molecular weight is 251 g/mol. The summed E-state index contributed by atoms with van der Waals surface area (Å²) in [5.41, 5.74) is 0.0805. The zero-order valence-corrected chi connectivity index (χ0v) is 11.9. The summed E-state index contributed by atoms with van der Waals surface area (Å²) < 4.78 is 5.65. The van der Waals surface area contributed by atoms with Crippen LogP contribution in [0.4, 0.5) is 0 Å². The van der Waals surface area contributed by atoms with Gasteiger partial charge in [0.1, 0.15) is 5.75 Å². The molecule has 0 bridgehead atoms. The highest BCUT2D eigenvalue weighted by Crippen LogP contribution is 2.27. The van der Waals surface area contributed by atoms with E-state index in [1.165, 1.54) is 0 Å². The third-order valence-corrected chi connectivity index (χ3v) is 2.87. The lowest BCUT2D eigenvalue weighted by molar-refractivity contribution is 0.0478. The fourth-order valence-corrected chi connectivity index (χ4v) is 1.83. The van der Waals surface area contributed by atoms with Crippen molar-refractivity contribution in [1.29, 1.82) is 0 Å². The van der Waals surface area contributed by atoms with E-state index in [1.54, 1.807) is 0 Å². The Bertz CT molecular complexity index is 361. The fourth-order valence-electron chi connectivity index (χ4n) is 1.83. The molecule has 0 fully saturated rings. The lowest BCUT2D eigenvalue weighted by atomic mass is 9.92. The van der Waals surface area contributed by atoms with E-state index >= 15 is 0 Å². The summed E-state index contributed by atoms with van der Waals surface area (Å²) in [5.74, 6) is 0.811. The molecular weight excluding hydrogens is 226 g/mol. The first-order valence-corrected chi connectivity index (χ1v) is 6.66. The third-order valence-electron chi connectivity index (χ3n) is 2.87. The van der Waals surface area contributed by atoms with E-state index in [-0.39, 0.29) is 6.10 Å². The molecule has 0 spiro atoms. The minimum atomic E-state index is -0.821. The number of rotatable bonds is 7. The highest BCUT2D eigenvalue weighted by molar-refractivity contribution is 5.32. The van der Waals surface area contributed by atoms with Crippen molar-refractivity contribution in [3.8, 4) is 5.75 Å². The van der Waals surface area contributed by atoms with Crippen LogP contribution in [0.25, 0.3) is 0 Å². The molecule has 0 aliphatic rings. The van der Waals surface area contributed by atoms with Gasteiger partial charge in [0, 0.05) is 0 Å². The van der Waals surface area contributed by atoms with Crippen LogP contribution in [0.2, 0.25) is 0 Å². The molecule has 1 rings (SSSR count). The molecule has 1 atom stereocenters. The topological polar surface area (TPSA) is 41.5 Å².